The molecule has 0 radical (unpaired) electrons. The van der Waals surface area contributed by atoms with Gasteiger partial charge >= 0.3 is 0 Å². The van der Waals surface area contributed by atoms with Crippen LogP contribution in [-0.4, -0.2) is 73.6 Å². The molecule has 2 heterocycles. The fraction of sp³-hybridized carbons (Fsp3) is 0.351. The number of rotatable bonds is 8. The maximum absolute atomic E-state index is 11.1. The molecular weight excluding hydrogens is 568 g/mol. The van der Waals surface area contributed by atoms with Crippen molar-refractivity contribution in [2.45, 2.75) is 37.8 Å². The highest BCUT2D eigenvalue weighted by atomic mass is 16.5. The van der Waals surface area contributed by atoms with Gasteiger partial charge in [0.15, 0.2) is 23.0 Å². The van der Waals surface area contributed by atoms with Crippen LogP contribution >= 0.6 is 0 Å². The summed E-state index contributed by atoms with van der Waals surface area (Å²) < 4.78 is 16.7. The fourth-order valence-corrected chi connectivity index (χ4v) is 7.01. The minimum Gasteiger partial charge on any atom is -0.507 e. The van der Waals surface area contributed by atoms with Crippen molar-refractivity contribution in [1.82, 2.24) is 9.80 Å². The molecule has 0 bridgehead atoms. The van der Waals surface area contributed by atoms with Gasteiger partial charge in [0.25, 0.3) is 0 Å². The number of nitrogens with zero attached hydrogens (tertiary/aromatic N) is 2. The first-order valence-corrected chi connectivity index (χ1v) is 15.4. The van der Waals surface area contributed by atoms with Crippen molar-refractivity contribution in [2.24, 2.45) is 0 Å². The number of methoxy groups -OCH3 is 3. The summed E-state index contributed by atoms with van der Waals surface area (Å²) in [6, 6.07) is 19.7. The first-order chi connectivity index (χ1) is 21.7. The summed E-state index contributed by atoms with van der Waals surface area (Å²) in [5, 5.41) is 31.9. The number of phenols is 3. The van der Waals surface area contributed by atoms with Crippen molar-refractivity contribution in [3.05, 3.63) is 94.0 Å². The zero-order valence-corrected chi connectivity index (χ0v) is 26.6. The highest BCUT2D eigenvalue weighted by Crippen LogP contribution is 2.43. The maximum Gasteiger partial charge on any atom is 0.160 e. The lowest BCUT2D eigenvalue weighted by Crippen LogP contribution is -2.33. The quantitative estimate of drug-likeness (QED) is 0.222. The summed E-state index contributed by atoms with van der Waals surface area (Å²) in [6.45, 7) is 1.77. The van der Waals surface area contributed by atoms with E-state index < -0.39 is 0 Å². The molecule has 4 aromatic rings. The van der Waals surface area contributed by atoms with Gasteiger partial charge in [0.2, 0.25) is 0 Å². The van der Waals surface area contributed by atoms with Crippen molar-refractivity contribution in [1.29, 1.82) is 0 Å². The zero-order chi connectivity index (χ0) is 31.8. The summed E-state index contributed by atoms with van der Waals surface area (Å²) >= 11 is 0. The van der Waals surface area contributed by atoms with Crippen LogP contribution in [0, 0.1) is 0 Å². The van der Waals surface area contributed by atoms with E-state index in [1.165, 1.54) is 0 Å². The number of benzene rings is 4. The molecule has 2 unspecified atom stereocenters. The van der Waals surface area contributed by atoms with Crippen LogP contribution in [0.15, 0.2) is 60.7 Å². The van der Waals surface area contributed by atoms with Crippen LogP contribution in [-0.2, 0) is 25.7 Å². The predicted molar refractivity (Wildman–Crippen MR) is 175 cm³/mol. The van der Waals surface area contributed by atoms with Crippen molar-refractivity contribution < 1.29 is 29.5 Å². The van der Waals surface area contributed by atoms with Crippen molar-refractivity contribution in [3.63, 3.8) is 0 Å². The molecule has 236 valence electrons. The van der Waals surface area contributed by atoms with E-state index in [9.17, 15) is 15.3 Å². The van der Waals surface area contributed by atoms with Gasteiger partial charge in [-0.1, -0.05) is 12.1 Å². The average molecular weight is 611 g/mol. The summed E-state index contributed by atoms with van der Waals surface area (Å²) in [6.07, 6.45) is 3.20. The van der Waals surface area contributed by atoms with E-state index in [2.05, 4.69) is 42.1 Å². The topological polar surface area (TPSA) is 94.9 Å². The van der Waals surface area contributed by atoms with E-state index in [4.69, 9.17) is 14.2 Å². The van der Waals surface area contributed by atoms with Crippen LogP contribution in [0.3, 0.4) is 0 Å². The van der Waals surface area contributed by atoms with Crippen LogP contribution in [0.2, 0.25) is 0 Å². The Hall–Kier alpha value is -4.40. The van der Waals surface area contributed by atoms with Gasteiger partial charge in [0, 0.05) is 36.3 Å². The molecule has 0 spiro atoms. The Bertz CT molecular complexity index is 1720. The van der Waals surface area contributed by atoms with E-state index in [0.717, 1.165) is 83.3 Å². The van der Waals surface area contributed by atoms with Crippen molar-refractivity contribution >= 4 is 0 Å². The highest BCUT2D eigenvalue weighted by molar-refractivity contribution is 5.77. The largest absolute Gasteiger partial charge is 0.507 e. The third kappa shape index (κ3) is 5.88. The Morgan fingerprint density at radius 3 is 1.53 bits per heavy atom. The second-order valence-electron chi connectivity index (χ2n) is 12.2. The van der Waals surface area contributed by atoms with Gasteiger partial charge in [-0.2, -0.15) is 0 Å². The Morgan fingerprint density at radius 2 is 1.04 bits per heavy atom. The molecule has 0 saturated heterocycles. The summed E-state index contributed by atoms with van der Waals surface area (Å²) in [5.41, 5.74) is 8.32. The molecular formula is C37H42N2O6. The van der Waals surface area contributed by atoms with Gasteiger partial charge in [0.1, 0.15) is 11.5 Å². The van der Waals surface area contributed by atoms with Gasteiger partial charge in [-0.3, -0.25) is 9.80 Å². The molecule has 6 rings (SSSR count). The molecule has 0 amide bonds. The lowest BCUT2D eigenvalue weighted by Gasteiger charge is -2.35. The lowest BCUT2D eigenvalue weighted by atomic mass is 9.87. The number of hydrogen-bond donors (Lipinski definition) is 3. The summed E-state index contributed by atoms with van der Waals surface area (Å²) in [5.74, 6) is 2.17. The number of likely N-dealkylation sites (N-methyl/N-ethyl adjacent to an activating group) is 2. The SMILES string of the molecule is COc1cc2c(cc1O)CCN(C)C2Cc1ccc(O)c(-c2cc(CC3c4cc(OC)c(O)cc4CCN3C)ccc2OC)c1. The van der Waals surface area contributed by atoms with Crippen LogP contribution in [0.4, 0.5) is 0 Å². The standard InChI is InChI=1S/C37H42N2O6/c1-38-12-10-24-18-33(41)36(44-4)20-26(24)30(38)16-22-6-8-32(40)28(14-22)29-15-23(7-9-35(29)43-3)17-31-27-21-37(45-5)34(42)19-25(27)11-13-39(31)2/h6-9,14-15,18-21,30-31,40-42H,10-13,16-17H2,1-5H3. The molecule has 3 N–H and O–H groups in total. The van der Waals surface area contributed by atoms with Gasteiger partial charge in [-0.25, -0.2) is 0 Å². The molecule has 45 heavy (non-hydrogen) atoms. The number of phenolic OH excluding ortho intramolecular Hbond substituents is 3. The van der Waals surface area contributed by atoms with Gasteiger partial charge < -0.3 is 29.5 Å². The Balaban J connectivity index is 1.34. The van der Waals surface area contributed by atoms with Crippen LogP contribution < -0.4 is 14.2 Å². The van der Waals surface area contributed by atoms with E-state index in [-0.39, 0.29) is 29.3 Å². The normalized spacial score (nSPS) is 18.2. The molecule has 4 aromatic carbocycles. The van der Waals surface area contributed by atoms with Crippen LogP contribution in [0.5, 0.6) is 34.5 Å². The highest BCUT2D eigenvalue weighted by Gasteiger charge is 2.29. The molecule has 8 nitrogen and oxygen atoms in total. The van der Waals surface area contributed by atoms with Crippen LogP contribution in [0.1, 0.15) is 45.5 Å². The first-order valence-electron chi connectivity index (χ1n) is 15.4. The molecule has 0 aliphatic carbocycles. The Labute approximate surface area is 265 Å². The van der Waals surface area contributed by atoms with Gasteiger partial charge in [-0.15, -0.1) is 0 Å². The molecule has 0 fully saturated rings. The summed E-state index contributed by atoms with van der Waals surface area (Å²) in [4.78, 5) is 4.67. The van der Waals surface area contributed by atoms with E-state index >= 15 is 0 Å². The molecule has 2 aliphatic rings. The first kappa shape index (κ1) is 30.6. The molecule has 2 atom stereocenters. The monoisotopic (exact) mass is 610 g/mol. The second kappa shape index (κ2) is 12.5. The van der Waals surface area contributed by atoms with Crippen LogP contribution in [0.25, 0.3) is 11.1 Å². The minimum absolute atomic E-state index is 0.0900. The van der Waals surface area contributed by atoms with E-state index in [1.54, 1.807) is 27.4 Å². The van der Waals surface area contributed by atoms with Crippen molar-refractivity contribution in [3.8, 4) is 45.6 Å². The molecule has 0 aromatic heterocycles. The van der Waals surface area contributed by atoms with Gasteiger partial charge in [-0.05, 0) is 122 Å². The molecule has 2 aliphatic heterocycles. The maximum atomic E-state index is 11.1. The van der Waals surface area contributed by atoms with E-state index in [0.29, 0.717) is 17.2 Å². The number of fused-ring (bicyclic) bond motifs is 2. The number of aromatic hydroxyl groups is 3. The molecule has 0 saturated carbocycles. The predicted octanol–water partition coefficient (Wildman–Crippen LogP) is 6.04. The summed E-state index contributed by atoms with van der Waals surface area (Å²) in [7, 11) is 9.05. The second-order valence-corrected chi connectivity index (χ2v) is 12.2. The lowest BCUT2D eigenvalue weighted by molar-refractivity contribution is 0.228. The third-order valence-corrected chi connectivity index (χ3v) is 9.60. The Morgan fingerprint density at radius 1 is 0.578 bits per heavy atom. The average Bonchev–Trinajstić information content (AvgIpc) is 3.04. The fourth-order valence-electron chi connectivity index (χ4n) is 7.01. The Kier molecular flexibility index (Phi) is 8.53. The van der Waals surface area contributed by atoms with E-state index in [1.807, 2.05) is 36.4 Å². The number of hydrogen-bond acceptors (Lipinski definition) is 8. The van der Waals surface area contributed by atoms with Gasteiger partial charge in [0.05, 0.1) is 21.3 Å². The third-order valence-electron chi connectivity index (χ3n) is 9.60. The zero-order valence-electron chi connectivity index (χ0n) is 26.6. The number of ether oxygens (including phenoxy) is 3. The molecule has 8 heteroatoms. The van der Waals surface area contributed by atoms with Crippen molar-refractivity contribution in [2.75, 3.05) is 48.5 Å². The smallest absolute Gasteiger partial charge is 0.160 e. The minimum atomic E-state index is 0.0900.